The Morgan fingerprint density at radius 2 is 2.20 bits per heavy atom. The maximum absolute atomic E-state index is 7.16. The average Bonchev–Trinajstić information content (AvgIpc) is 1.82. The summed E-state index contributed by atoms with van der Waals surface area (Å²) >= 11 is 0. The molecule has 0 saturated carbocycles. The summed E-state index contributed by atoms with van der Waals surface area (Å²) in [7, 11) is 0. The van der Waals surface area contributed by atoms with E-state index in [2.05, 4.69) is 6.58 Å². The van der Waals surface area contributed by atoms with E-state index in [9.17, 15) is 0 Å². The van der Waals surface area contributed by atoms with Crippen LogP contribution in [0.5, 0.6) is 0 Å². The van der Waals surface area contributed by atoms with Crippen LogP contribution in [0.1, 0.15) is 26.7 Å². The van der Waals surface area contributed by atoms with Gasteiger partial charge in [0.05, 0.1) is 0 Å². The van der Waals surface area contributed by atoms with Crippen LogP contribution < -0.4 is 5.73 Å². The van der Waals surface area contributed by atoms with Crippen molar-refractivity contribution in [2.24, 2.45) is 11.7 Å². The minimum Gasteiger partial charge on any atom is -0.402 e. The van der Waals surface area contributed by atoms with E-state index in [0.29, 0.717) is 11.6 Å². The van der Waals surface area contributed by atoms with Crippen molar-refractivity contribution in [3.05, 3.63) is 12.3 Å². The standard InChI is InChI=1S/C8H16N2/c1-6(8(3)10)4-5-7(2)9/h6,9H,3-5,10H2,1-2H3. The molecular formula is C8H16N2. The third-order valence-corrected chi connectivity index (χ3v) is 1.59. The van der Waals surface area contributed by atoms with E-state index in [-0.39, 0.29) is 0 Å². The lowest BCUT2D eigenvalue weighted by atomic mass is 10.0. The number of allylic oxidation sites excluding steroid dienone is 1. The largest absolute Gasteiger partial charge is 0.402 e. The lowest BCUT2D eigenvalue weighted by Crippen LogP contribution is -2.07. The average molecular weight is 140 g/mol. The SMILES string of the molecule is C=C(N)C(C)CCC(C)=N. The molecule has 1 unspecified atom stereocenters. The molecule has 0 fully saturated rings. The molecule has 0 spiro atoms. The fourth-order valence-corrected chi connectivity index (χ4v) is 0.618. The monoisotopic (exact) mass is 140 g/mol. The summed E-state index contributed by atoms with van der Waals surface area (Å²) in [5.74, 6) is 0.347. The maximum atomic E-state index is 7.16. The van der Waals surface area contributed by atoms with Crippen LogP contribution >= 0.6 is 0 Å². The Morgan fingerprint density at radius 1 is 1.70 bits per heavy atom. The minimum absolute atomic E-state index is 0.347. The molecular weight excluding hydrogens is 124 g/mol. The first-order valence-electron chi connectivity index (χ1n) is 3.52. The van der Waals surface area contributed by atoms with Crippen molar-refractivity contribution in [3.8, 4) is 0 Å². The van der Waals surface area contributed by atoms with E-state index in [1.165, 1.54) is 0 Å². The Kier molecular flexibility index (Phi) is 3.77. The molecule has 58 valence electrons. The summed E-state index contributed by atoms with van der Waals surface area (Å²) in [5, 5.41) is 7.16. The first-order valence-corrected chi connectivity index (χ1v) is 3.52. The Labute approximate surface area is 62.6 Å². The van der Waals surface area contributed by atoms with Gasteiger partial charge in [-0.1, -0.05) is 13.5 Å². The fourth-order valence-electron chi connectivity index (χ4n) is 0.618. The van der Waals surface area contributed by atoms with Crippen LogP contribution in [0.3, 0.4) is 0 Å². The zero-order chi connectivity index (χ0) is 8.15. The van der Waals surface area contributed by atoms with Gasteiger partial charge in [-0.25, -0.2) is 0 Å². The first kappa shape index (κ1) is 9.21. The number of hydrogen-bond donors (Lipinski definition) is 2. The molecule has 1 atom stereocenters. The van der Waals surface area contributed by atoms with E-state index in [1.807, 2.05) is 13.8 Å². The van der Waals surface area contributed by atoms with Crippen LogP contribution in [-0.4, -0.2) is 5.71 Å². The molecule has 0 saturated heterocycles. The zero-order valence-corrected chi connectivity index (χ0v) is 6.78. The summed E-state index contributed by atoms with van der Waals surface area (Å²) < 4.78 is 0. The van der Waals surface area contributed by atoms with Crippen molar-refractivity contribution in [1.82, 2.24) is 0 Å². The van der Waals surface area contributed by atoms with Gasteiger partial charge in [-0.05, 0) is 25.7 Å². The van der Waals surface area contributed by atoms with Gasteiger partial charge in [0.15, 0.2) is 0 Å². The molecule has 0 aromatic carbocycles. The predicted octanol–water partition coefficient (Wildman–Crippen LogP) is 1.91. The van der Waals surface area contributed by atoms with Crippen LogP contribution in [0.25, 0.3) is 0 Å². The summed E-state index contributed by atoms with van der Waals surface area (Å²) in [6.07, 6.45) is 1.78. The van der Waals surface area contributed by atoms with E-state index in [0.717, 1.165) is 18.5 Å². The summed E-state index contributed by atoms with van der Waals surface area (Å²) in [6, 6.07) is 0. The van der Waals surface area contributed by atoms with Gasteiger partial charge in [-0.15, -0.1) is 0 Å². The normalized spacial score (nSPS) is 12.6. The summed E-state index contributed by atoms with van der Waals surface area (Å²) in [5.41, 5.74) is 6.90. The van der Waals surface area contributed by atoms with Crippen molar-refractivity contribution in [2.45, 2.75) is 26.7 Å². The molecule has 10 heavy (non-hydrogen) atoms. The first-order chi connectivity index (χ1) is 4.54. The van der Waals surface area contributed by atoms with E-state index < -0.39 is 0 Å². The number of nitrogens with two attached hydrogens (primary N) is 1. The van der Waals surface area contributed by atoms with E-state index in [4.69, 9.17) is 11.1 Å². The Morgan fingerprint density at radius 3 is 2.50 bits per heavy atom. The molecule has 0 bridgehead atoms. The van der Waals surface area contributed by atoms with Crippen LogP contribution in [0.4, 0.5) is 0 Å². The highest BCUT2D eigenvalue weighted by Crippen LogP contribution is 2.10. The van der Waals surface area contributed by atoms with Gasteiger partial charge >= 0.3 is 0 Å². The smallest absolute Gasteiger partial charge is 0.00584 e. The number of rotatable bonds is 4. The second-order valence-corrected chi connectivity index (χ2v) is 2.79. The topological polar surface area (TPSA) is 49.9 Å². The fraction of sp³-hybridized carbons (Fsp3) is 0.625. The highest BCUT2D eigenvalue weighted by Gasteiger charge is 2.02. The minimum atomic E-state index is 0.347. The summed E-state index contributed by atoms with van der Waals surface area (Å²) in [4.78, 5) is 0. The Hall–Kier alpha value is -0.790. The van der Waals surface area contributed by atoms with E-state index in [1.54, 1.807) is 0 Å². The van der Waals surface area contributed by atoms with Crippen LogP contribution in [0, 0.1) is 11.3 Å². The molecule has 0 aliphatic carbocycles. The lowest BCUT2D eigenvalue weighted by Gasteiger charge is -2.08. The third kappa shape index (κ3) is 4.13. The van der Waals surface area contributed by atoms with Gasteiger partial charge in [-0.2, -0.15) is 0 Å². The van der Waals surface area contributed by atoms with Gasteiger partial charge in [0.1, 0.15) is 0 Å². The molecule has 0 aromatic heterocycles. The molecule has 0 aliphatic heterocycles. The molecule has 2 nitrogen and oxygen atoms in total. The second-order valence-electron chi connectivity index (χ2n) is 2.79. The van der Waals surface area contributed by atoms with Gasteiger partial charge in [0.25, 0.3) is 0 Å². The van der Waals surface area contributed by atoms with Gasteiger partial charge < -0.3 is 11.1 Å². The molecule has 0 aliphatic rings. The second kappa shape index (κ2) is 4.09. The van der Waals surface area contributed by atoms with Crippen LogP contribution in [0.2, 0.25) is 0 Å². The molecule has 0 aromatic rings. The number of hydrogen-bond acceptors (Lipinski definition) is 2. The van der Waals surface area contributed by atoms with Crippen molar-refractivity contribution in [3.63, 3.8) is 0 Å². The molecule has 3 N–H and O–H groups in total. The predicted molar refractivity (Wildman–Crippen MR) is 45.1 cm³/mol. The lowest BCUT2D eigenvalue weighted by molar-refractivity contribution is 0.625. The molecule has 0 radical (unpaired) electrons. The maximum Gasteiger partial charge on any atom is 0.00584 e. The molecule has 0 amide bonds. The van der Waals surface area contributed by atoms with Crippen LogP contribution in [0.15, 0.2) is 12.3 Å². The van der Waals surface area contributed by atoms with Gasteiger partial charge in [-0.3, -0.25) is 0 Å². The van der Waals surface area contributed by atoms with Gasteiger partial charge in [0, 0.05) is 11.4 Å². The van der Waals surface area contributed by atoms with Crippen molar-refractivity contribution < 1.29 is 0 Å². The van der Waals surface area contributed by atoms with Crippen molar-refractivity contribution >= 4 is 5.71 Å². The number of nitrogens with one attached hydrogen (secondary N) is 1. The quantitative estimate of drug-likeness (QED) is 0.576. The molecule has 2 heteroatoms. The zero-order valence-electron chi connectivity index (χ0n) is 6.78. The van der Waals surface area contributed by atoms with Crippen molar-refractivity contribution in [1.29, 1.82) is 5.41 Å². The molecule has 0 rings (SSSR count). The van der Waals surface area contributed by atoms with Crippen LogP contribution in [-0.2, 0) is 0 Å². The highest BCUT2D eigenvalue weighted by atomic mass is 14.6. The van der Waals surface area contributed by atoms with Gasteiger partial charge in [0.2, 0.25) is 0 Å². The highest BCUT2D eigenvalue weighted by molar-refractivity contribution is 5.78. The van der Waals surface area contributed by atoms with Crippen molar-refractivity contribution in [2.75, 3.05) is 0 Å². The third-order valence-electron chi connectivity index (χ3n) is 1.59. The molecule has 0 heterocycles. The summed E-state index contributed by atoms with van der Waals surface area (Å²) in [6.45, 7) is 7.48. The Balaban J connectivity index is 3.49. The Bertz CT molecular complexity index is 138. The van der Waals surface area contributed by atoms with E-state index >= 15 is 0 Å².